The highest BCUT2D eigenvalue weighted by Gasteiger charge is 2.19. The average molecular weight is 328 g/mol. The molecule has 0 fully saturated rings. The van der Waals surface area contributed by atoms with Gasteiger partial charge in [-0.05, 0) is 57.0 Å². The quantitative estimate of drug-likeness (QED) is 0.846. The molecular formula is C19H24N2O3. The van der Waals surface area contributed by atoms with Gasteiger partial charge in [0.15, 0.2) is 0 Å². The van der Waals surface area contributed by atoms with Crippen LogP contribution in [0.3, 0.4) is 0 Å². The van der Waals surface area contributed by atoms with E-state index >= 15 is 0 Å². The Hall–Kier alpha value is -2.40. The monoisotopic (exact) mass is 328 g/mol. The lowest BCUT2D eigenvalue weighted by atomic mass is 10.2. The molecule has 0 unspecified atom stereocenters. The van der Waals surface area contributed by atoms with E-state index < -0.39 is 0 Å². The second-order valence-electron chi connectivity index (χ2n) is 5.97. The molecule has 1 N–H and O–H groups in total. The van der Waals surface area contributed by atoms with Gasteiger partial charge in [0.1, 0.15) is 17.2 Å². The van der Waals surface area contributed by atoms with Crippen LogP contribution in [0.5, 0.6) is 11.5 Å². The lowest BCUT2D eigenvalue weighted by molar-refractivity contribution is 0.0687. The molecule has 0 spiro atoms. The van der Waals surface area contributed by atoms with Crippen molar-refractivity contribution in [1.29, 1.82) is 0 Å². The van der Waals surface area contributed by atoms with Gasteiger partial charge in [-0.15, -0.1) is 0 Å². The summed E-state index contributed by atoms with van der Waals surface area (Å²) in [4.78, 5) is 18.5. The molecule has 0 saturated carbocycles. The number of amides is 1. The number of aliphatic hydroxyl groups is 1. The standard InChI is InChI=1S/C19H24N2O3/c1-14(2)21(10-5-11-22)19(23)18-9-8-17(13-20-18)24-16-7-4-6-15(3)12-16/h4,6-9,12-14,22H,5,10-11H2,1-3H3. The Morgan fingerprint density at radius 2 is 2.04 bits per heavy atom. The maximum Gasteiger partial charge on any atom is 0.272 e. The molecule has 0 saturated heterocycles. The number of aromatic nitrogens is 1. The van der Waals surface area contributed by atoms with Crippen molar-refractivity contribution < 1.29 is 14.6 Å². The number of nitrogens with zero attached hydrogens (tertiary/aromatic N) is 2. The number of hydrogen-bond donors (Lipinski definition) is 1. The van der Waals surface area contributed by atoms with Crippen molar-refractivity contribution in [3.63, 3.8) is 0 Å². The fourth-order valence-corrected chi connectivity index (χ4v) is 2.36. The molecule has 1 amide bonds. The molecular weight excluding hydrogens is 304 g/mol. The van der Waals surface area contributed by atoms with Gasteiger partial charge in [-0.3, -0.25) is 4.79 Å². The summed E-state index contributed by atoms with van der Waals surface area (Å²) in [5, 5.41) is 8.98. The Morgan fingerprint density at radius 3 is 2.62 bits per heavy atom. The summed E-state index contributed by atoms with van der Waals surface area (Å²) < 4.78 is 5.75. The highest BCUT2D eigenvalue weighted by atomic mass is 16.5. The third kappa shape index (κ3) is 4.80. The van der Waals surface area contributed by atoms with Crippen LogP contribution in [-0.4, -0.2) is 40.1 Å². The predicted octanol–water partition coefficient (Wildman–Crippen LogP) is 3.42. The van der Waals surface area contributed by atoms with Crippen LogP contribution in [0.15, 0.2) is 42.6 Å². The zero-order chi connectivity index (χ0) is 17.5. The maximum absolute atomic E-state index is 12.5. The number of benzene rings is 1. The van der Waals surface area contributed by atoms with Gasteiger partial charge in [0.2, 0.25) is 0 Å². The van der Waals surface area contributed by atoms with Gasteiger partial charge in [0.05, 0.1) is 6.20 Å². The average Bonchev–Trinajstić information content (AvgIpc) is 2.55. The van der Waals surface area contributed by atoms with Crippen LogP contribution in [0, 0.1) is 6.92 Å². The first-order valence-corrected chi connectivity index (χ1v) is 8.13. The number of carbonyl (C=O) groups is 1. The van der Waals surface area contributed by atoms with E-state index in [0.29, 0.717) is 24.4 Å². The van der Waals surface area contributed by atoms with Crippen LogP contribution < -0.4 is 4.74 Å². The largest absolute Gasteiger partial charge is 0.456 e. The second-order valence-corrected chi connectivity index (χ2v) is 5.97. The Bertz CT molecular complexity index is 669. The lowest BCUT2D eigenvalue weighted by Gasteiger charge is -2.26. The first kappa shape index (κ1) is 17.9. The van der Waals surface area contributed by atoms with E-state index in [9.17, 15) is 4.79 Å². The first-order valence-electron chi connectivity index (χ1n) is 8.13. The van der Waals surface area contributed by atoms with Crippen molar-refractivity contribution in [2.75, 3.05) is 13.2 Å². The second kappa shape index (κ2) is 8.45. The SMILES string of the molecule is Cc1cccc(Oc2ccc(C(=O)N(CCCO)C(C)C)nc2)c1. The molecule has 5 nitrogen and oxygen atoms in total. The Labute approximate surface area is 142 Å². The highest BCUT2D eigenvalue weighted by Crippen LogP contribution is 2.21. The van der Waals surface area contributed by atoms with Gasteiger partial charge in [0, 0.05) is 19.2 Å². The van der Waals surface area contributed by atoms with Gasteiger partial charge < -0.3 is 14.7 Å². The molecule has 2 aromatic rings. The molecule has 0 aliphatic rings. The third-order valence-corrected chi connectivity index (χ3v) is 3.62. The number of hydrogen-bond acceptors (Lipinski definition) is 4. The van der Waals surface area contributed by atoms with Crippen LogP contribution in [0.4, 0.5) is 0 Å². The third-order valence-electron chi connectivity index (χ3n) is 3.62. The fraction of sp³-hybridized carbons (Fsp3) is 0.368. The van der Waals surface area contributed by atoms with Crippen molar-refractivity contribution in [3.8, 4) is 11.5 Å². The van der Waals surface area contributed by atoms with Gasteiger partial charge in [-0.2, -0.15) is 0 Å². The van der Waals surface area contributed by atoms with Crippen molar-refractivity contribution in [1.82, 2.24) is 9.88 Å². The van der Waals surface area contributed by atoms with E-state index in [4.69, 9.17) is 9.84 Å². The van der Waals surface area contributed by atoms with Crippen LogP contribution in [0.2, 0.25) is 0 Å². The molecule has 0 aliphatic heterocycles. The number of ether oxygens (including phenoxy) is 1. The molecule has 1 aromatic heterocycles. The summed E-state index contributed by atoms with van der Waals surface area (Å²) in [5.74, 6) is 1.19. The van der Waals surface area contributed by atoms with E-state index in [1.807, 2.05) is 45.0 Å². The van der Waals surface area contributed by atoms with Crippen molar-refractivity contribution >= 4 is 5.91 Å². The van der Waals surface area contributed by atoms with Crippen LogP contribution in [0.25, 0.3) is 0 Å². The van der Waals surface area contributed by atoms with E-state index in [2.05, 4.69) is 4.98 Å². The number of aryl methyl sites for hydroxylation is 1. The Kier molecular flexibility index (Phi) is 6.32. The number of aliphatic hydroxyl groups excluding tert-OH is 1. The summed E-state index contributed by atoms with van der Waals surface area (Å²) in [6.07, 6.45) is 2.11. The molecule has 0 atom stereocenters. The zero-order valence-electron chi connectivity index (χ0n) is 14.4. The topological polar surface area (TPSA) is 62.7 Å². The number of carbonyl (C=O) groups excluding carboxylic acids is 1. The van der Waals surface area contributed by atoms with Gasteiger partial charge >= 0.3 is 0 Å². The highest BCUT2D eigenvalue weighted by molar-refractivity contribution is 5.92. The Morgan fingerprint density at radius 1 is 1.25 bits per heavy atom. The van der Waals surface area contributed by atoms with Gasteiger partial charge in [-0.1, -0.05) is 12.1 Å². The molecule has 1 aromatic carbocycles. The normalized spacial score (nSPS) is 10.7. The van der Waals surface area contributed by atoms with Gasteiger partial charge in [-0.25, -0.2) is 4.98 Å². The smallest absolute Gasteiger partial charge is 0.272 e. The minimum absolute atomic E-state index is 0.0501. The molecule has 128 valence electrons. The summed E-state index contributed by atoms with van der Waals surface area (Å²) in [6.45, 7) is 6.47. The van der Waals surface area contributed by atoms with Gasteiger partial charge in [0.25, 0.3) is 5.91 Å². The van der Waals surface area contributed by atoms with Crippen molar-refractivity contribution in [2.45, 2.75) is 33.2 Å². The lowest BCUT2D eigenvalue weighted by Crippen LogP contribution is -2.38. The maximum atomic E-state index is 12.5. The van der Waals surface area contributed by atoms with E-state index in [-0.39, 0.29) is 18.6 Å². The van der Waals surface area contributed by atoms with E-state index in [0.717, 1.165) is 11.3 Å². The predicted molar refractivity (Wildman–Crippen MR) is 93.4 cm³/mol. The summed E-state index contributed by atoms with van der Waals surface area (Å²) in [7, 11) is 0. The van der Waals surface area contributed by atoms with E-state index in [1.165, 1.54) is 0 Å². The van der Waals surface area contributed by atoms with Crippen LogP contribution in [-0.2, 0) is 0 Å². The van der Waals surface area contributed by atoms with E-state index in [1.54, 1.807) is 23.2 Å². The molecule has 0 radical (unpaired) electrons. The molecule has 24 heavy (non-hydrogen) atoms. The minimum Gasteiger partial charge on any atom is -0.456 e. The number of pyridine rings is 1. The molecule has 2 rings (SSSR count). The summed E-state index contributed by atoms with van der Waals surface area (Å²) in [5.41, 5.74) is 1.49. The molecule has 0 bridgehead atoms. The summed E-state index contributed by atoms with van der Waals surface area (Å²) in [6, 6.07) is 11.2. The van der Waals surface area contributed by atoms with Crippen molar-refractivity contribution in [2.24, 2.45) is 0 Å². The first-order chi connectivity index (χ1) is 11.5. The zero-order valence-corrected chi connectivity index (χ0v) is 14.4. The summed E-state index contributed by atoms with van der Waals surface area (Å²) >= 11 is 0. The number of rotatable bonds is 7. The van der Waals surface area contributed by atoms with Crippen molar-refractivity contribution in [3.05, 3.63) is 53.9 Å². The minimum atomic E-state index is -0.138. The fourth-order valence-electron chi connectivity index (χ4n) is 2.36. The van der Waals surface area contributed by atoms with Crippen LogP contribution in [0.1, 0.15) is 36.3 Å². The molecule has 0 aliphatic carbocycles. The molecule has 1 heterocycles. The molecule has 5 heteroatoms. The Balaban J connectivity index is 2.08. The van der Waals surface area contributed by atoms with Crippen LogP contribution >= 0.6 is 0 Å².